The molecule has 1 spiro atoms. The van der Waals surface area contributed by atoms with Gasteiger partial charge in [0.25, 0.3) is 10.0 Å². The Morgan fingerprint density at radius 3 is 2.66 bits per heavy atom. The molecule has 4 aromatic rings. The molecule has 2 aliphatic heterocycles. The Morgan fingerprint density at radius 2 is 1.92 bits per heavy atom. The van der Waals surface area contributed by atoms with Crippen LogP contribution in [-0.2, 0) is 16.6 Å². The van der Waals surface area contributed by atoms with Gasteiger partial charge in [-0.2, -0.15) is 5.10 Å². The lowest BCUT2D eigenvalue weighted by molar-refractivity contribution is 0.155. The van der Waals surface area contributed by atoms with Gasteiger partial charge in [-0.3, -0.25) is 9.40 Å². The summed E-state index contributed by atoms with van der Waals surface area (Å²) < 4.78 is 42.3. The average Bonchev–Trinajstić information content (AvgIpc) is 3.59. The summed E-state index contributed by atoms with van der Waals surface area (Å²) in [6.45, 7) is 4.56. The van der Waals surface area contributed by atoms with Crippen LogP contribution in [0.3, 0.4) is 0 Å². The second-order valence-corrected chi connectivity index (χ2v) is 11.9. The molecule has 0 saturated carbocycles. The molecule has 11 heteroatoms. The number of nitrogens with one attached hydrogen (secondary N) is 2. The SMILES string of the molecule is COc1cc(Cn2cccn2)cc2onc(NS(=O)(=O)c3cccc(N4CCC5(CCNCC5)CC4)c3)c12. The van der Waals surface area contributed by atoms with Gasteiger partial charge < -0.3 is 19.5 Å². The first-order valence-corrected chi connectivity index (χ1v) is 14.5. The van der Waals surface area contributed by atoms with Crippen molar-refractivity contribution in [3.8, 4) is 5.75 Å². The van der Waals surface area contributed by atoms with Gasteiger partial charge in [0, 0.05) is 31.2 Å². The number of anilines is 2. The second kappa shape index (κ2) is 9.95. The van der Waals surface area contributed by atoms with Crippen LogP contribution in [0.25, 0.3) is 11.0 Å². The smallest absolute Gasteiger partial charge is 0.263 e. The fraction of sp³-hybridized carbons (Fsp3) is 0.407. The summed E-state index contributed by atoms with van der Waals surface area (Å²) in [7, 11) is -2.38. The number of piperidine rings is 2. The van der Waals surface area contributed by atoms with Crippen molar-refractivity contribution in [2.24, 2.45) is 5.41 Å². The van der Waals surface area contributed by atoms with E-state index in [0.29, 0.717) is 28.7 Å². The molecule has 4 heterocycles. The average molecular weight is 537 g/mol. The number of rotatable bonds is 7. The van der Waals surface area contributed by atoms with Crippen molar-refractivity contribution in [3.05, 3.63) is 60.4 Å². The van der Waals surface area contributed by atoms with Gasteiger partial charge in [-0.15, -0.1) is 0 Å². The maximum atomic E-state index is 13.4. The molecule has 2 aliphatic rings. The molecule has 10 nitrogen and oxygen atoms in total. The predicted molar refractivity (Wildman–Crippen MR) is 145 cm³/mol. The first-order valence-electron chi connectivity index (χ1n) is 13.0. The van der Waals surface area contributed by atoms with Gasteiger partial charge in [0.2, 0.25) is 0 Å². The van der Waals surface area contributed by atoms with Crippen molar-refractivity contribution >= 4 is 32.5 Å². The van der Waals surface area contributed by atoms with E-state index in [1.807, 2.05) is 30.5 Å². The number of fused-ring (bicyclic) bond motifs is 1. The zero-order chi connectivity index (χ0) is 26.2. The molecule has 0 radical (unpaired) electrons. The maximum absolute atomic E-state index is 13.4. The molecule has 0 bridgehead atoms. The Kier molecular flexibility index (Phi) is 6.48. The molecule has 2 saturated heterocycles. The largest absolute Gasteiger partial charge is 0.496 e. The Bertz CT molecular complexity index is 1520. The standard InChI is InChI=1S/C27H32N6O4S/c1-36-23-16-20(19-33-13-3-10-29-33)17-24-25(23)26(30-37-24)31-38(34,35)22-5-2-4-21(18-22)32-14-8-27(9-15-32)6-11-28-12-7-27/h2-5,10,13,16-18,28H,6-9,11-12,14-15,19H2,1H3,(H,30,31). The maximum Gasteiger partial charge on any atom is 0.263 e. The number of hydrogen-bond donors (Lipinski definition) is 2. The van der Waals surface area contributed by atoms with E-state index in [1.165, 1.54) is 20.0 Å². The summed E-state index contributed by atoms with van der Waals surface area (Å²) in [5.41, 5.74) is 2.67. The molecule has 2 aromatic carbocycles. The van der Waals surface area contributed by atoms with E-state index in [0.717, 1.165) is 50.3 Å². The lowest BCUT2D eigenvalue weighted by Gasteiger charge is -2.45. The molecule has 6 rings (SSSR count). The summed E-state index contributed by atoms with van der Waals surface area (Å²) in [4.78, 5) is 2.48. The molecule has 0 amide bonds. The predicted octanol–water partition coefficient (Wildman–Crippen LogP) is 3.85. The zero-order valence-corrected chi connectivity index (χ0v) is 22.2. The number of nitrogens with zero attached hydrogens (tertiary/aromatic N) is 4. The Morgan fingerprint density at radius 1 is 1.11 bits per heavy atom. The molecule has 2 aromatic heterocycles. The van der Waals surface area contributed by atoms with Crippen LogP contribution < -0.4 is 19.7 Å². The van der Waals surface area contributed by atoms with Gasteiger partial charge in [-0.25, -0.2) is 8.42 Å². The van der Waals surface area contributed by atoms with Crippen LogP contribution in [-0.4, -0.2) is 56.6 Å². The minimum Gasteiger partial charge on any atom is -0.496 e. The van der Waals surface area contributed by atoms with Gasteiger partial charge in [-0.1, -0.05) is 11.2 Å². The van der Waals surface area contributed by atoms with Gasteiger partial charge in [0.1, 0.15) is 11.1 Å². The van der Waals surface area contributed by atoms with E-state index in [9.17, 15) is 8.42 Å². The van der Waals surface area contributed by atoms with Crippen LogP contribution in [0, 0.1) is 5.41 Å². The van der Waals surface area contributed by atoms with Crippen LogP contribution >= 0.6 is 0 Å². The highest BCUT2D eigenvalue weighted by Gasteiger charge is 2.35. The van der Waals surface area contributed by atoms with Crippen molar-refractivity contribution < 1.29 is 17.7 Å². The minimum atomic E-state index is -3.92. The van der Waals surface area contributed by atoms with Crippen molar-refractivity contribution in [2.75, 3.05) is 42.9 Å². The van der Waals surface area contributed by atoms with E-state index in [4.69, 9.17) is 9.26 Å². The first kappa shape index (κ1) is 24.7. The number of ether oxygens (including phenoxy) is 1. The van der Waals surface area contributed by atoms with E-state index < -0.39 is 10.0 Å². The third kappa shape index (κ3) is 4.83. The van der Waals surface area contributed by atoms with Crippen LogP contribution in [0.4, 0.5) is 11.5 Å². The highest BCUT2D eigenvalue weighted by molar-refractivity contribution is 7.92. The topological polar surface area (TPSA) is 115 Å². The molecule has 0 atom stereocenters. The molecule has 38 heavy (non-hydrogen) atoms. The van der Waals surface area contributed by atoms with Gasteiger partial charge in [0.05, 0.1) is 18.6 Å². The number of benzene rings is 2. The van der Waals surface area contributed by atoms with Crippen LogP contribution in [0.15, 0.2) is 64.3 Å². The number of sulfonamides is 1. The molecular formula is C27H32N6O4S. The van der Waals surface area contributed by atoms with E-state index in [-0.39, 0.29) is 10.7 Å². The summed E-state index contributed by atoms with van der Waals surface area (Å²) in [5.74, 6) is 0.566. The first-order chi connectivity index (χ1) is 18.4. The van der Waals surface area contributed by atoms with Crippen LogP contribution in [0.1, 0.15) is 31.2 Å². The molecule has 2 fully saturated rings. The molecule has 200 valence electrons. The number of aromatic nitrogens is 3. The summed E-state index contributed by atoms with van der Waals surface area (Å²) in [6, 6.07) is 12.6. The van der Waals surface area contributed by atoms with Gasteiger partial charge >= 0.3 is 0 Å². The summed E-state index contributed by atoms with van der Waals surface area (Å²) in [6.07, 6.45) is 8.29. The van der Waals surface area contributed by atoms with Crippen molar-refractivity contribution in [1.82, 2.24) is 20.3 Å². The van der Waals surface area contributed by atoms with Crippen LogP contribution in [0.5, 0.6) is 5.75 Å². The molecular weight excluding hydrogens is 504 g/mol. The minimum absolute atomic E-state index is 0.0960. The fourth-order valence-electron chi connectivity index (χ4n) is 5.72. The normalized spacial score (nSPS) is 17.7. The van der Waals surface area contributed by atoms with E-state index in [2.05, 4.69) is 25.2 Å². The molecule has 0 aliphatic carbocycles. The van der Waals surface area contributed by atoms with E-state index in [1.54, 1.807) is 29.1 Å². The zero-order valence-electron chi connectivity index (χ0n) is 21.4. The second-order valence-electron chi connectivity index (χ2n) is 10.2. The van der Waals surface area contributed by atoms with Crippen molar-refractivity contribution in [3.63, 3.8) is 0 Å². The highest BCUT2D eigenvalue weighted by Crippen LogP contribution is 2.41. The van der Waals surface area contributed by atoms with Gasteiger partial charge in [0.15, 0.2) is 11.4 Å². The summed E-state index contributed by atoms with van der Waals surface area (Å²) >= 11 is 0. The Hall–Kier alpha value is -3.57. The quantitative estimate of drug-likeness (QED) is 0.366. The van der Waals surface area contributed by atoms with Crippen molar-refractivity contribution in [2.45, 2.75) is 37.1 Å². The lowest BCUT2D eigenvalue weighted by Crippen LogP contribution is -2.45. The fourth-order valence-corrected chi connectivity index (χ4v) is 6.77. The summed E-state index contributed by atoms with van der Waals surface area (Å²) in [5, 5.41) is 12.2. The van der Waals surface area contributed by atoms with E-state index >= 15 is 0 Å². The Labute approximate surface area is 222 Å². The monoisotopic (exact) mass is 536 g/mol. The third-order valence-electron chi connectivity index (χ3n) is 7.93. The van der Waals surface area contributed by atoms with Crippen molar-refractivity contribution in [1.29, 1.82) is 0 Å². The molecule has 2 N–H and O–H groups in total. The van der Waals surface area contributed by atoms with Crippen LogP contribution in [0.2, 0.25) is 0 Å². The third-order valence-corrected chi connectivity index (χ3v) is 9.27. The Balaban J connectivity index is 1.22. The lowest BCUT2D eigenvalue weighted by atomic mass is 9.71. The number of hydrogen-bond acceptors (Lipinski definition) is 8. The molecule has 0 unspecified atom stereocenters. The highest BCUT2D eigenvalue weighted by atomic mass is 32.2. The van der Waals surface area contributed by atoms with Gasteiger partial charge in [-0.05, 0) is 86.1 Å². The number of methoxy groups -OCH3 is 1.